The molecule has 5 heteroatoms. The van der Waals surface area contributed by atoms with Crippen LogP contribution >= 0.6 is 0 Å². The molecular formula is C16H28NO4+. The number of benzene rings is 1. The maximum absolute atomic E-state index is 9.97. The SMILES string of the molecule is CC(C)c1ccc(OC[C@H](O)C[NH+](CCO)CCO)cc1. The molecule has 5 nitrogen and oxygen atoms in total. The highest BCUT2D eigenvalue weighted by molar-refractivity contribution is 5.28. The molecule has 0 heterocycles. The minimum absolute atomic E-state index is 0.0412. The summed E-state index contributed by atoms with van der Waals surface area (Å²) in [7, 11) is 0. The van der Waals surface area contributed by atoms with Crippen LogP contribution in [0.1, 0.15) is 25.3 Å². The van der Waals surface area contributed by atoms with Gasteiger partial charge in [0, 0.05) is 0 Å². The number of aliphatic hydroxyl groups is 3. The molecule has 21 heavy (non-hydrogen) atoms. The fourth-order valence-electron chi connectivity index (χ4n) is 2.18. The van der Waals surface area contributed by atoms with Crippen molar-refractivity contribution in [1.82, 2.24) is 0 Å². The van der Waals surface area contributed by atoms with Gasteiger partial charge in [-0.1, -0.05) is 26.0 Å². The summed E-state index contributed by atoms with van der Waals surface area (Å²) in [6, 6.07) is 7.88. The third kappa shape index (κ3) is 6.91. The van der Waals surface area contributed by atoms with Crippen molar-refractivity contribution in [2.45, 2.75) is 25.9 Å². The molecule has 0 amide bonds. The Morgan fingerprint density at radius 3 is 2.10 bits per heavy atom. The maximum atomic E-state index is 9.97. The molecule has 0 aromatic heterocycles. The largest absolute Gasteiger partial charge is 0.491 e. The molecule has 1 rings (SSSR count). The van der Waals surface area contributed by atoms with Gasteiger partial charge in [0.15, 0.2) is 0 Å². The van der Waals surface area contributed by atoms with Crippen molar-refractivity contribution in [3.63, 3.8) is 0 Å². The predicted molar refractivity (Wildman–Crippen MR) is 81.8 cm³/mol. The van der Waals surface area contributed by atoms with Crippen molar-refractivity contribution >= 4 is 0 Å². The van der Waals surface area contributed by atoms with E-state index in [0.29, 0.717) is 25.6 Å². The van der Waals surface area contributed by atoms with Gasteiger partial charge in [-0.3, -0.25) is 0 Å². The molecule has 120 valence electrons. The van der Waals surface area contributed by atoms with Crippen molar-refractivity contribution in [3.8, 4) is 5.75 Å². The molecule has 0 aliphatic heterocycles. The summed E-state index contributed by atoms with van der Waals surface area (Å²) in [5.74, 6) is 1.23. The van der Waals surface area contributed by atoms with E-state index in [1.165, 1.54) is 5.56 Å². The third-order valence-electron chi connectivity index (χ3n) is 3.44. The average molecular weight is 298 g/mol. The van der Waals surface area contributed by atoms with E-state index in [-0.39, 0.29) is 19.8 Å². The lowest BCUT2D eigenvalue weighted by molar-refractivity contribution is -0.903. The van der Waals surface area contributed by atoms with Gasteiger partial charge in [0.1, 0.15) is 38.1 Å². The van der Waals surface area contributed by atoms with Crippen LogP contribution < -0.4 is 9.64 Å². The Hall–Kier alpha value is -1.14. The Morgan fingerprint density at radius 2 is 1.62 bits per heavy atom. The Kier molecular flexibility index (Phi) is 8.30. The Bertz CT molecular complexity index is 374. The number of hydrogen-bond acceptors (Lipinski definition) is 4. The third-order valence-corrected chi connectivity index (χ3v) is 3.44. The van der Waals surface area contributed by atoms with Gasteiger partial charge in [0.25, 0.3) is 0 Å². The topological polar surface area (TPSA) is 74.4 Å². The average Bonchev–Trinajstić information content (AvgIpc) is 2.46. The molecule has 0 bridgehead atoms. The van der Waals surface area contributed by atoms with Crippen LogP contribution in [0.15, 0.2) is 24.3 Å². The monoisotopic (exact) mass is 298 g/mol. The van der Waals surface area contributed by atoms with E-state index in [4.69, 9.17) is 14.9 Å². The van der Waals surface area contributed by atoms with Gasteiger partial charge in [-0.25, -0.2) is 0 Å². The maximum Gasteiger partial charge on any atom is 0.137 e. The Labute approximate surface area is 126 Å². The van der Waals surface area contributed by atoms with Gasteiger partial charge in [-0.15, -0.1) is 0 Å². The normalized spacial score (nSPS) is 12.9. The molecule has 0 fully saturated rings. The minimum Gasteiger partial charge on any atom is -0.491 e. The molecule has 0 saturated heterocycles. The first-order valence-corrected chi connectivity index (χ1v) is 7.53. The van der Waals surface area contributed by atoms with Crippen LogP contribution in [-0.4, -0.2) is 60.9 Å². The first kappa shape index (κ1) is 17.9. The summed E-state index contributed by atoms with van der Waals surface area (Å²) < 4.78 is 5.57. The van der Waals surface area contributed by atoms with Gasteiger partial charge in [-0.05, 0) is 23.6 Å². The van der Waals surface area contributed by atoms with Crippen molar-refractivity contribution < 1.29 is 25.0 Å². The standard InChI is InChI=1S/C16H27NO4/c1-13(2)14-3-5-16(6-4-14)21-12-15(20)11-17(7-9-18)8-10-19/h3-6,13,15,18-20H,7-12H2,1-2H3/p+1/t15-/m1/s1. The Balaban J connectivity index is 2.39. The lowest BCUT2D eigenvalue weighted by atomic mass is 10.0. The first-order valence-electron chi connectivity index (χ1n) is 7.53. The number of nitrogens with one attached hydrogen (secondary N) is 1. The lowest BCUT2D eigenvalue weighted by Crippen LogP contribution is -3.14. The molecule has 0 aliphatic carbocycles. The van der Waals surface area contributed by atoms with E-state index in [2.05, 4.69) is 13.8 Å². The summed E-state index contributed by atoms with van der Waals surface area (Å²) in [5.41, 5.74) is 1.25. The summed E-state index contributed by atoms with van der Waals surface area (Å²) in [5, 5.41) is 27.8. The summed E-state index contributed by atoms with van der Waals surface area (Å²) in [4.78, 5) is 0.964. The highest BCUT2D eigenvalue weighted by Gasteiger charge is 2.15. The van der Waals surface area contributed by atoms with Crippen LogP contribution in [0.3, 0.4) is 0 Å². The van der Waals surface area contributed by atoms with E-state index in [9.17, 15) is 5.11 Å². The summed E-state index contributed by atoms with van der Waals surface area (Å²) in [6.45, 7) is 6.05. The smallest absolute Gasteiger partial charge is 0.137 e. The second-order valence-corrected chi connectivity index (χ2v) is 5.59. The minimum atomic E-state index is -0.622. The molecule has 1 aromatic rings. The predicted octanol–water partition coefficient (Wildman–Crippen LogP) is -0.581. The van der Waals surface area contributed by atoms with Crippen molar-refractivity contribution in [1.29, 1.82) is 0 Å². The van der Waals surface area contributed by atoms with Crippen LogP contribution in [0, 0.1) is 0 Å². The zero-order valence-corrected chi connectivity index (χ0v) is 13.0. The molecule has 0 radical (unpaired) electrons. The highest BCUT2D eigenvalue weighted by Crippen LogP contribution is 2.18. The van der Waals surface area contributed by atoms with Crippen LogP contribution in [-0.2, 0) is 0 Å². The van der Waals surface area contributed by atoms with Gasteiger partial charge in [0.2, 0.25) is 0 Å². The van der Waals surface area contributed by atoms with Gasteiger partial charge in [0.05, 0.1) is 13.2 Å². The van der Waals surface area contributed by atoms with Crippen molar-refractivity contribution in [3.05, 3.63) is 29.8 Å². The second kappa shape index (κ2) is 9.73. The van der Waals surface area contributed by atoms with E-state index in [1.807, 2.05) is 24.3 Å². The first-order chi connectivity index (χ1) is 10.1. The van der Waals surface area contributed by atoms with Gasteiger partial charge < -0.3 is 25.0 Å². The van der Waals surface area contributed by atoms with E-state index < -0.39 is 6.10 Å². The van der Waals surface area contributed by atoms with Gasteiger partial charge >= 0.3 is 0 Å². The molecule has 4 N–H and O–H groups in total. The molecule has 0 unspecified atom stereocenters. The van der Waals surface area contributed by atoms with Crippen LogP contribution in [0.25, 0.3) is 0 Å². The zero-order valence-electron chi connectivity index (χ0n) is 13.0. The summed E-state index contributed by atoms with van der Waals surface area (Å²) >= 11 is 0. The number of aliphatic hydroxyl groups excluding tert-OH is 3. The van der Waals surface area contributed by atoms with Gasteiger partial charge in [-0.2, -0.15) is 0 Å². The molecule has 0 spiro atoms. The fourth-order valence-corrected chi connectivity index (χ4v) is 2.18. The zero-order chi connectivity index (χ0) is 15.7. The van der Waals surface area contributed by atoms with E-state index in [0.717, 1.165) is 10.6 Å². The van der Waals surface area contributed by atoms with Crippen LogP contribution in [0.4, 0.5) is 0 Å². The number of rotatable bonds is 10. The number of hydrogen-bond donors (Lipinski definition) is 4. The number of quaternary nitrogens is 1. The quantitative estimate of drug-likeness (QED) is 0.466. The van der Waals surface area contributed by atoms with Crippen molar-refractivity contribution in [2.24, 2.45) is 0 Å². The van der Waals surface area contributed by atoms with Crippen molar-refractivity contribution in [2.75, 3.05) is 39.5 Å². The second-order valence-electron chi connectivity index (χ2n) is 5.59. The highest BCUT2D eigenvalue weighted by atomic mass is 16.5. The summed E-state index contributed by atoms with van der Waals surface area (Å²) in [6.07, 6.45) is -0.622. The lowest BCUT2D eigenvalue weighted by Gasteiger charge is -2.21. The molecular weight excluding hydrogens is 270 g/mol. The fraction of sp³-hybridized carbons (Fsp3) is 0.625. The van der Waals surface area contributed by atoms with E-state index in [1.54, 1.807) is 0 Å². The molecule has 0 saturated carbocycles. The van der Waals surface area contributed by atoms with Crippen LogP contribution in [0.2, 0.25) is 0 Å². The molecule has 1 atom stereocenters. The Morgan fingerprint density at radius 1 is 1.05 bits per heavy atom. The molecule has 0 aliphatic rings. The van der Waals surface area contributed by atoms with Crippen LogP contribution in [0.5, 0.6) is 5.75 Å². The molecule has 1 aromatic carbocycles. The number of ether oxygens (including phenoxy) is 1. The van der Waals surface area contributed by atoms with E-state index >= 15 is 0 Å².